The van der Waals surface area contributed by atoms with Crippen LogP contribution in [0.4, 0.5) is 0 Å². The van der Waals surface area contributed by atoms with Crippen LogP contribution < -0.4 is 0 Å². The summed E-state index contributed by atoms with van der Waals surface area (Å²) in [6.45, 7) is 4.80. The molecule has 0 saturated heterocycles. The van der Waals surface area contributed by atoms with E-state index in [9.17, 15) is 0 Å². The third-order valence-corrected chi connectivity index (χ3v) is 9.79. The van der Waals surface area contributed by atoms with Gasteiger partial charge in [-0.15, -0.1) is 0 Å². The Bertz CT molecular complexity index is 2540. The standard InChI is InChI=1S/C39H26N2/c1-39(2)31-17-9-6-14-24(31)29-21-30-28-20-27-25-15-7-10-18-32(25)40(23-12-4-3-5-13-23)34(27)22-35(28)41-33-19-11-8-16-26(33)36(37(29)39)38(30)41/h3-22H,1-2H3. The summed E-state index contributed by atoms with van der Waals surface area (Å²) in [6.07, 6.45) is 0. The Balaban J connectivity index is 1.47. The second-order valence-electron chi connectivity index (χ2n) is 12.2. The molecule has 3 aromatic heterocycles. The van der Waals surface area contributed by atoms with E-state index >= 15 is 0 Å². The smallest absolute Gasteiger partial charge is 0.0624 e. The first-order valence-corrected chi connectivity index (χ1v) is 14.5. The van der Waals surface area contributed by atoms with Crippen molar-refractivity contribution in [1.29, 1.82) is 0 Å². The number of hydrogen-bond donors (Lipinski definition) is 0. The fourth-order valence-corrected chi connectivity index (χ4v) is 8.14. The highest BCUT2D eigenvalue weighted by Crippen LogP contribution is 2.55. The van der Waals surface area contributed by atoms with Crippen LogP contribution in [-0.2, 0) is 5.41 Å². The molecule has 3 heterocycles. The molecule has 192 valence electrons. The molecule has 0 saturated carbocycles. The van der Waals surface area contributed by atoms with Gasteiger partial charge >= 0.3 is 0 Å². The number of nitrogens with zero attached hydrogens (tertiary/aromatic N) is 2. The van der Waals surface area contributed by atoms with Gasteiger partial charge in [0.05, 0.1) is 27.6 Å². The van der Waals surface area contributed by atoms with Crippen molar-refractivity contribution in [2.24, 2.45) is 0 Å². The van der Waals surface area contributed by atoms with Gasteiger partial charge in [-0.3, -0.25) is 0 Å². The highest BCUT2D eigenvalue weighted by Gasteiger charge is 2.39. The van der Waals surface area contributed by atoms with Gasteiger partial charge in [-0.25, -0.2) is 0 Å². The summed E-state index contributed by atoms with van der Waals surface area (Å²) >= 11 is 0. The summed E-state index contributed by atoms with van der Waals surface area (Å²) in [6, 6.07) is 45.0. The second kappa shape index (κ2) is 7.16. The van der Waals surface area contributed by atoms with Gasteiger partial charge in [-0.05, 0) is 64.7 Å². The molecule has 41 heavy (non-hydrogen) atoms. The maximum Gasteiger partial charge on any atom is 0.0624 e. The monoisotopic (exact) mass is 522 g/mol. The lowest BCUT2D eigenvalue weighted by molar-refractivity contribution is 0.667. The predicted molar refractivity (Wildman–Crippen MR) is 173 cm³/mol. The molecular weight excluding hydrogens is 496 g/mol. The van der Waals surface area contributed by atoms with E-state index in [0.717, 1.165) is 0 Å². The quantitative estimate of drug-likeness (QED) is 0.203. The second-order valence-corrected chi connectivity index (χ2v) is 12.2. The zero-order chi connectivity index (χ0) is 27.0. The summed E-state index contributed by atoms with van der Waals surface area (Å²) in [5, 5.41) is 8.01. The number of benzene rings is 6. The van der Waals surface area contributed by atoms with Gasteiger partial charge in [0.1, 0.15) is 0 Å². The summed E-state index contributed by atoms with van der Waals surface area (Å²) in [4.78, 5) is 0. The summed E-state index contributed by atoms with van der Waals surface area (Å²) in [5.74, 6) is 0. The zero-order valence-electron chi connectivity index (χ0n) is 22.9. The molecule has 9 aromatic rings. The van der Waals surface area contributed by atoms with Gasteiger partial charge in [0.15, 0.2) is 0 Å². The van der Waals surface area contributed by atoms with Crippen molar-refractivity contribution in [2.75, 3.05) is 0 Å². The average Bonchev–Trinajstić information content (AvgIpc) is 3.69. The Morgan fingerprint density at radius 2 is 1.17 bits per heavy atom. The molecule has 0 fully saturated rings. The van der Waals surface area contributed by atoms with Crippen LogP contribution >= 0.6 is 0 Å². The van der Waals surface area contributed by atoms with Crippen molar-refractivity contribution in [3.63, 3.8) is 0 Å². The van der Waals surface area contributed by atoms with Crippen LogP contribution in [0.2, 0.25) is 0 Å². The first-order chi connectivity index (χ1) is 20.1. The molecule has 0 amide bonds. The van der Waals surface area contributed by atoms with E-state index in [1.54, 1.807) is 0 Å². The van der Waals surface area contributed by atoms with E-state index in [4.69, 9.17) is 0 Å². The molecule has 2 heteroatoms. The van der Waals surface area contributed by atoms with Crippen molar-refractivity contribution in [1.82, 2.24) is 8.97 Å². The molecule has 2 nitrogen and oxygen atoms in total. The molecule has 0 aliphatic heterocycles. The van der Waals surface area contributed by atoms with Gasteiger partial charge in [-0.1, -0.05) is 92.7 Å². The van der Waals surface area contributed by atoms with Crippen LogP contribution in [0.1, 0.15) is 25.0 Å². The third kappa shape index (κ3) is 2.46. The molecule has 0 unspecified atom stereocenters. The van der Waals surface area contributed by atoms with Crippen molar-refractivity contribution in [3.05, 3.63) is 132 Å². The highest BCUT2D eigenvalue weighted by molar-refractivity contribution is 6.28. The first-order valence-electron chi connectivity index (χ1n) is 14.5. The molecule has 0 radical (unpaired) electrons. The van der Waals surface area contributed by atoms with Gasteiger partial charge in [0.2, 0.25) is 0 Å². The van der Waals surface area contributed by atoms with E-state index in [1.807, 2.05) is 0 Å². The molecule has 6 aromatic carbocycles. The van der Waals surface area contributed by atoms with Gasteiger partial charge in [0.25, 0.3) is 0 Å². The van der Waals surface area contributed by atoms with E-state index in [1.165, 1.54) is 87.8 Å². The van der Waals surface area contributed by atoms with Crippen molar-refractivity contribution in [3.8, 4) is 16.8 Å². The SMILES string of the molecule is CC1(C)c2ccccc2-c2cc3c4cc5c6ccccc6n(-c6ccccc6)c5cc4n4c5ccccc5c(c21)c34. The maximum absolute atomic E-state index is 2.54. The minimum absolute atomic E-state index is 0.0704. The molecule has 10 rings (SSSR count). The summed E-state index contributed by atoms with van der Waals surface area (Å²) in [7, 11) is 0. The van der Waals surface area contributed by atoms with E-state index in [2.05, 4.69) is 144 Å². The van der Waals surface area contributed by atoms with Crippen LogP contribution in [-0.4, -0.2) is 8.97 Å². The van der Waals surface area contributed by atoms with Crippen LogP contribution in [0, 0.1) is 0 Å². The van der Waals surface area contributed by atoms with Gasteiger partial charge in [0, 0.05) is 43.4 Å². The Morgan fingerprint density at radius 1 is 0.488 bits per heavy atom. The lowest BCUT2D eigenvalue weighted by Gasteiger charge is -2.22. The van der Waals surface area contributed by atoms with E-state index < -0.39 is 0 Å². The summed E-state index contributed by atoms with van der Waals surface area (Å²) in [5.41, 5.74) is 13.2. The number of para-hydroxylation sites is 3. The number of aromatic nitrogens is 2. The Labute approximate surface area is 237 Å². The average molecular weight is 523 g/mol. The molecular formula is C39H26N2. The van der Waals surface area contributed by atoms with Crippen molar-refractivity contribution in [2.45, 2.75) is 19.3 Å². The fourth-order valence-electron chi connectivity index (χ4n) is 8.14. The molecule has 0 spiro atoms. The topological polar surface area (TPSA) is 9.34 Å². The minimum Gasteiger partial charge on any atom is -0.309 e. The van der Waals surface area contributed by atoms with E-state index in [-0.39, 0.29) is 5.41 Å². The minimum atomic E-state index is -0.0704. The molecule has 0 N–H and O–H groups in total. The Morgan fingerprint density at radius 3 is 2.02 bits per heavy atom. The lowest BCUT2D eigenvalue weighted by Crippen LogP contribution is -2.15. The van der Waals surface area contributed by atoms with Crippen LogP contribution in [0.3, 0.4) is 0 Å². The van der Waals surface area contributed by atoms with Crippen LogP contribution in [0.15, 0.2) is 121 Å². The highest BCUT2D eigenvalue weighted by atomic mass is 15.0. The fraction of sp³-hybridized carbons (Fsp3) is 0.0769. The number of hydrogen-bond acceptors (Lipinski definition) is 0. The summed E-state index contributed by atoms with van der Waals surface area (Å²) < 4.78 is 4.97. The first kappa shape index (κ1) is 21.7. The molecule has 0 bridgehead atoms. The van der Waals surface area contributed by atoms with Crippen LogP contribution in [0.25, 0.3) is 76.7 Å². The van der Waals surface area contributed by atoms with Crippen molar-refractivity contribution < 1.29 is 0 Å². The van der Waals surface area contributed by atoms with E-state index in [0.29, 0.717) is 0 Å². The van der Waals surface area contributed by atoms with Crippen LogP contribution in [0.5, 0.6) is 0 Å². The molecule has 1 aliphatic carbocycles. The Hall–Kier alpha value is -5.08. The zero-order valence-corrected chi connectivity index (χ0v) is 22.9. The third-order valence-electron chi connectivity index (χ3n) is 9.79. The number of rotatable bonds is 1. The van der Waals surface area contributed by atoms with Gasteiger partial charge < -0.3 is 8.97 Å². The molecule has 1 aliphatic rings. The predicted octanol–water partition coefficient (Wildman–Crippen LogP) is 10.2. The normalized spacial score (nSPS) is 14.3. The number of fused-ring (bicyclic) bond motifs is 13. The lowest BCUT2D eigenvalue weighted by atomic mass is 9.80. The van der Waals surface area contributed by atoms with Crippen molar-refractivity contribution >= 4 is 59.9 Å². The maximum atomic E-state index is 2.54. The van der Waals surface area contributed by atoms with Gasteiger partial charge in [-0.2, -0.15) is 0 Å². The molecule has 0 atom stereocenters. The largest absolute Gasteiger partial charge is 0.309 e. The Kier molecular flexibility index (Phi) is 3.79.